The Morgan fingerprint density at radius 1 is 1.62 bits per heavy atom. The predicted molar refractivity (Wildman–Crippen MR) is 61.9 cm³/mol. The second kappa shape index (κ2) is 4.31. The van der Waals surface area contributed by atoms with Gasteiger partial charge in [-0.25, -0.2) is 0 Å². The van der Waals surface area contributed by atoms with Crippen molar-refractivity contribution in [3.63, 3.8) is 0 Å². The van der Waals surface area contributed by atoms with E-state index in [9.17, 15) is 4.79 Å². The van der Waals surface area contributed by atoms with E-state index >= 15 is 0 Å². The van der Waals surface area contributed by atoms with Gasteiger partial charge in [0.15, 0.2) is 0 Å². The van der Waals surface area contributed by atoms with Gasteiger partial charge in [-0.2, -0.15) is 0 Å². The fourth-order valence-electron chi connectivity index (χ4n) is 1.48. The minimum Gasteiger partial charge on any atom is -0.496 e. The molecule has 1 aromatic rings. The standard InChI is InChI=1S/C11H13ClN2O2/c1-16-10-3-2-6(12)4-7(10)11(15)14-9-5-8(9)13/h2-4,8-9H,5,13H2,1H3,(H,14,15). The fourth-order valence-corrected chi connectivity index (χ4v) is 1.66. The number of methoxy groups -OCH3 is 1. The lowest BCUT2D eigenvalue weighted by Crippen LogP contribution is -2.29. The second-order valence-electron chi connectivity index (χ2n) is 3.82. The van der Waals surface area contributed by atoms with Crippen molar-refractivity contribution < 1.29 is 9.53 Å². The number of hydrogen-bond acceptors (Lipinski definition) is 3. The molecule has 2 unspecified atom stereocenters. The summed E-state index contributed by atoms with van der Waals surface area (Å²) in [5, 5.41) is 3.32. The summed E-state index contributed by atoms with van der Waals surface area (Å²) in [6.45, 7) is 0. The van der Waals surface area contributed by atoms with E-state index in [1.54, 1.807) is 18.2 Å². The minimum absolute atomic E-state index is 0.0779. The molecule has 16 heavy (non-hydrogen) atoms. The van der Waals surface area contributed by atoms with Gasteiger partial charge < -0.3 is 15.8 Å². The Hall–Kier alpha value is -1.26. The maximum absolute atomic E-state index is 11.9. The zero-order valence-electron chi connectivity index (χ0n) is 8.87. The summed E-state index contributed by atoms with van der Waals surface area (Å²) in [7, 11) is 1.52. The Labute approximate surface area is 98.7 Å². The number of hydrogen-bond donors (Lipinski definition) is 2. The van der Waals surface area contributed by atoms with Gasteiger partial charge in [0.25, 0.3) is 5.91 Å². The average molecular weight is 241 g/mol. The van der Waals surface area contributed by atoms with E-state index in [2.05, 4.69) is 5.32 Å². The number of carbonyl (C=O) groups is 1. The van der Waals surface area contributed by atoms with Gasteiger partial charge in [-0.3, -0.25) is 4.79 Å². The van der Waals surface area contributed by atoms with E-state index < -0.39 is 0 Å². The van der Waals surface area contributed by atoms with Crippen LogP contribution in [0, 0.1) is 0 Å². The summed E-state index contributed by atoms with van der Waals surface area (Å²) >= 11 is 5.84. The van der Waals surface area contributed by atoms with Crippen LogP contribution >= 0.6 is 11.6 Å². The minimum atomic E-state index is -0.197. The Morgan fingerprint density at radius 3 is 2.88 bits per heavy atom. The molecule has 1 aliphatic rings. The average Bonchev–Trinajstić information content (AvgIpc) is 2.94. The van der Waals surface area contributed by atoms with Crippen LogP contribution in [0.4, 0.5) is 0 Å². The summed E-state index contributed by atoms with van der Waals surface area (Å²) in [5.41, 5.74) is 6.06. The molecule has 4 nitrogen and oxygen atoms in total. The molecule has 0 bridgehead atoms. The van der Waals surface area contributed by atoms with Gasteiger partial charge in [-0.05, 0) is 24.6 Å². The number of rotatable bonds is 3. The molecule has 0 radical (unpaired) electrons. The van der Waals surface area contributed by atoms with E-state index in [1.165, 1.54) is 7.11 Å². The highest BCUT2D eigenvalue weighted by Gasteiger charge is 2.35. The van der Waals surface area contributed by atoms with E-state index in [1.807, 2.05) is 0 Å². The molecule has 2 rings (SSSR count). The van der Waals surface area contributed by atoms with Gasteiger partial charge in [-0.15, -0.1) is 0 Å². The van der Waals surface area contributed by atoms with Crippen molar-refractivity contribution in [1.29, 1.82) is 0 Å². The number of carbonyl (C=O) groups excluding carboxylic acids is 1. The topological polar surface area (TPSA) is 64.3 Å². The van der Waals surface area contributed by atoms with Crippen molar-refractivity contribution in [2.45, 2.75) is 18.5 Å². The largest absolute Gasteiger partial charge is 0.496 e. The van der Waals surface area contributed by atoms with Crippen LogP contribution in [0.25, 0.3) is 0 Å². The molecule has 0 aliphatic heterocycles. The molecule has 2 atom stereocenters. The smallest absolute Gasteiger partial charge is 0.255 e. The SMILES string of the molecule is COc1ccc(Cl)cc1C(=O)NC1CC1N. The van der Waals surface area contributed by atoms with Crippen LogP contribution in [-0.4, -0.2) is 25.1 Å². The number of amides is 1. The van der Waals surface area contributed by atoms with Gasteiger partial charge in [0.1, 0.15) is 5.75 Å². The predicted octanol–water partition coefficient (Wildman–Crippen LogP) is 1.18. The quantitative estimate of drug-likeness (QED) is 0.834. The van der Waals surface area contributed by atoms with Crippen LogP contribution in [-0.2, 0) is 0 Å². The molecule has 0 aromatic heterocycles. The van der Waals surface area contributed by atoms with Crippen molar-refractivity contribution in [1.82, 2.24) is 5.32 Å². The monoisotopic (exact) mass is 240 g/mol. The van der Waals surface area contributed by atoms with Crippen molar-refractivity contribution >= 4 is 17.5 Å². The molecule has 0 saturated heterocycles. The van der Waals surface area contributed by atoms with Crippen molar-refractivity contribution in [3.05, 3.63) is 28.8 Å². The Morgan fingerprint density at radius 2 is 2.31 bits per heavy atom. The van der Waals surface area contributed by atoms with Crippen LogP contribution < -0.4 is 15.8 Å². The summed E-state index contributed by atoms with van der Waals surface area (Å²) in [6.07, 6.45) is 0.828. The van der Waals surface area contributed by atoms with Crippen LogP contribution in [0.2, 0.25) is 5.02 Å². The molecule has 0 heterocycles. The summed E-state index contributed by atoms with van der Waals surface area (Å²) in [5.74, 6) is 0.313. The van der Waals surface area contributed by atoms with Crippen molar-refractivity contribution in [2.24, 2.45) is 5.73 Å². The van der Waals surface area contributed by atoms with Crippen LogP contribution in [0.3, 0.4) is 0 Å². The van der Waals surface area contributed by atoms with E-state index in [0.29, 0.717) is 16.3 Å². The summed E-state index contributed by atoms with van der Waals surface area (Å²) in [4.78, 5) is 11.9. The first kappa shape index (κ1) is 11.2. The van der Waals surface area contributed by atoms with Crippen LogP contribution in [0.5, 0.6) is 5.75 Å². The molecule has 1 fully saturated rings. The molecule has 1 saturated carbocycles. The number of nitrogens with two attached hydrogens (primary N) is 1. The first-order valence-corrected chi connectivity index (χ1v) is 5.39. The molecule has 1 aromatic carbocycles. The molecule has 1 amide bonds. The van der Waals surface area contributed by atoms with Gasteiger partial charge >= 0.3 is 0 Å². The number of ether oxygens (including phenoxy) is 1. The molecule has 3 N–H and O–H groups in total. The summed E-state index contributed by atoms with van der Waals surface area (Å²) in [6, 6.07) is 5.10. The molecule has 86 valence electrons. The summed E-state index contributed by atoms with van der Waals surface area (Å²) < 4.78 is 5.10. The first-order valence-electron chi connectivity index (χ1n) is 5.02. The van der Waals surface area contributed by atoms with Gasteiger partial charge in [-0.1, -0.05) is 11.6 Å². The lowest BCUT2D eigenvalue weighted by atomic mass is 10.2. The van der Waals surface area contributed by atoms with Crippen LogP contribution in [0.15, 0.2) is 18.2 Å². The molecule has 5 heteroatoms. The number of nitrogens with one attached hydrogen (secondary N) is 1. The molecular weight excluding hydrogens is 228 g/mol. The Bertz CT molecular complexity index is 422. The number of halogens is 1. The lowest BCUT2D eigenvalue weighted by molar-refractivity contribution is 0.0947. The normalized spacial score (nSPS) is 22.7. The highest BCUT2D eigenvalue weighted by Crippen LogP contribution is 2.24. The van der Waals surface area contributed by atoms with E-state index in [-0.39, 0.29) is 18.0 Å². The third-order valence-corrected chi connectivity index (χ3v) is 2.80. The Kier molecular flexibility index (Phi) is 3.03. The van der Waals surface area contributed by atoms with Gasteiger partial charge in [0.2, 0.25) is 0 Å². The highest BCUT2D eigenvalue weighted by molar-refractivity contribution is 6.31. The maximum Gasteiger partial charge on any atom is 0.255 e. The first-order chi connectivity index (χ1) is 7.61. The van der Waals surface area contributed by atoms with E-state index in [4.69, 9.17) is 22.1 Å². The fraction of sp³-hybridized carbons (Fsp3) is 0.364. The van der Waals surface area contributed by atoms with Crippen LogP contribution in [0.1, 0.15) is 16.8 Å². The lowest BCUT2D eigenvalue weighted by Gasteiger charge is -2.09. The van der Waals surface area contributed by atoms with E-state index in [0.717, 1.165) is 6.42 Å². The third kappa shape index (κ3) is 2.28. The zero-order valence-corrected chi connectivity index (χ0v) is 9.62. The number of benzene rings is 1. The van der Waals surface area contributed by atoms with Gasteiger partial charge in [0, 0.05) is 17.1 Å². The highest BCUT2D eigenvalue weighted by atomic mass is 35.5. The third-order valence-electron chi connectivity index (χ3n) is 2.56. The van der Waals surface area contributed by atoms with Crippen molar-refractivity contribution in [3.8, 4) is 5.75 Å². The van der Waals surface area contributed by atoms with Gasteiger partial charge in [0.05, 0.1) is 12.7 Å². The molecular formula is C11H13ClN2O2. The Balaban J connectivity index is 2.17. The molecule has 1 aliphatic carbocycles. The maximum atomic E-state index is 11.9. The molecule has 0 spiro atoms. The second-order valence-corrected chi connectivity index (χ2v) is 4.26. The zero-order chi connectivity index (χ0) is 11.7. The van der Waals surface area contributed by atoms with Crippen molar-refractivity contribution in [2.75, 3.05) is 7.11 Å².